The normalized spacial score (nSPS) is 21.7. The van der Waals surface area contributed by atoms with Gasteiger partial charge in [0.1, 0.15) is 6.07 Å². The van der Waals surface area contributed by atoms with Gasteiger partial charge in [-0.15, -0.1) is 0 Å². The van der Waals surface area contributed by atoms with Gasteiger partial charge in [-0.1, -0.05) is 91.1 Å². The van der Waals surface area contributed by atoms with Crippen molar-refractivity contribution in [2.75, 3.05) is 9.80 Å². The maximum Gasteiger partial charge on any atom is 0.101 e. The minimum Gasteiger partial charge on any atom is -0.332 e. The van der Waals surface area contributed by atoms with Gasteiger partial charge in [0.25, 0.3) is 0 Å². The molecule has 4 nitrogen and oxygen atoms in total. The topological polar surface area (TPSA) is 54.1 Å². The number of hydrogen-bond acceptors (Lipinski definition) is 4. The van der Waals surface area contributed by atoms with Gasteiger partial charge in [-0.2, -0.15) is 10.5 Å². The minimum atomic E-state index is -0.00223. The Labute approximate surface area is 281 Å². The predicted octanol–water partition coefficient (Wildman–Crippen LogP) is 10.3. The molecule has 4 aromatic carbocycles. The van der Waals surface area contributed by atoms with E-state index in [9.17, 15) is 10.5 Å². The lowest BCUT2D eigenvalue weighted by Crippen LogP contribution is -2.31. The zero-order valence-electron chi connectivity index (χ0n) is 26.4. The van der Waals surface area contributed by atoms with Crippen LogP contribution in [0.3, 0.4) is 0 Å². The van der Waals surface area contributed by atoms with E-state index in [1.54, 1.807) is 0 Å². The van der Waals surface area contributed by atoms with Gasteiger partial charge in [0.2, 0.25) is 0 Å². The number of benzene rings is 4. The molecule has 0 radical (unpaired) electrons. The Balaban J connectivity index is 1.16. The number of nitriles is 2. The summed E-state index contributed by atoms with van der Waals surface area (Å²) in [5.41, 5.74) is 14.8. The molecule has 0 spiro atoms. The monoisotopic (exact) mass is 616 g/mol. The van der Waals surface area contributed by atoms with Gasteiger partial charge < -0.3 is 9.80 Å². The van der Waals surface area contributed by atoms with Crippen molar-refractivity contribution in [2.24, 2.45) is 0 Å². The third kappa shape index (κ3) is 4.27. The standard InChI is InChI=1S/C44H32N4/c45-27-29-23-24-41-38(25-29)43-34(17-10-22-42(43)48(41)39-20-6-4-11-32(39)28-46)30-12-8-13-31(26-30)35-18-9-19-37-36-16-5-7-21-40(36)47(44(35)37)33-14-2-1-3-15-33/h1-7,9-11,13-18,20-26,37,42-43H,8,12,19H2. The van der Waals surface area contributed by atoms with Gasteiger partial charge in [-0.05, 0) is 95.6 Å². The van der Waals surface area contributed by atoms with Crippen molar-refractivity contribution in [3.63, 3.8) is 0 Å². The van der Waals surface area contributed by atoms with Gasteiger partial charge >= 0.3 is 0 Å². The second-order valence-corrected chi connectivity index (χ2v) is 12.9. The second kappa shape index (κ2) is 11.3. The molecule has 9 rings (SSSR count). The zero-order valence-corrected chi connectivity index (χ0v) is 26.4. The van der Waals surface area contributed by atoms with Crippen LogP contribution in [0.2, 0.25) is 0 Å². The quantitative estimate of drug-likeness (QED) is 0.229. The highest BCUT2D eigenvalue weighted by molar-refractivity contribution is 5.83. The van der Waals surface area contributed by atoms with Crippen molar-refractivity contribution < 1.29 is 0 Å². The van der Waals surface area contributed by atoms with Crippen molar-refractivity contribution in [1.82, 2.24) is 0 Å². The molecule has 0 bridgehead atoms. The van der Waals surface area contributed by atoms with E-state index < -0.39 is 0 Å². The van der Waals surface area contributed by atoms with Gasteiger partial charge in [0, 0.05) is 40.2 Å². The third-order valence-corrected chi connectivity index (χ3v) is 10.5. The van der Waals surface area contributed by atoms with Gasteiger partial charge in [-0.3, -0.25) is 0 Å². The van der Waals surface area contributed by atoms with Crippen molar-refractivity contribution in [1.29, 1.82) is 10.5 Å². The minimum absolute atomic E-state index is 0.00223. The Morgan fingerprint density at radius 2 is 1.58 bits per heavy atom. The smallest absolute Gasteiger partial charge is 0.101 e. The molecular weight excluding hydrogens is 585 g/mol. The van der Waals surface area contributed by atoms with E-state index in [1.165, 1.54) is 44.9 Å². The van der Waals surface area contributed by atoms with E-state index in [-0.39, 0.29) is 12.0 Å². The molecule has 0 amide bonds. The van der Waals surface area contributed by atoms with Crippen molar-refractivity contribution in [3.05, 3.63) is 190 Å². The first-order valence-corrected chi connectivity index (χ1v) is 16.7. The van der Waals surface area contributed by atoms with Crippen molar-refractivity contribution in [2.45, 2.75) is 37.1 Å². The van der Waals surface area contributed by atoms with Crippen LogP contribution in [0.25, 0.3) is 0 Å². The van der Waals surface area contributed by atoms with Crippen LogP contribution in [0, 0.1) is 22.7 Å². The highest BCUT2D eigenvalue weighted by Gasteiger charge is 2.43. The van der Waals surface area contributed by atoms with Crippen molar-refractivity contribution >= 4 is 22.7 Å². The van der Waals surface area contributed by atoms with E-state index in [4.69, 9.17) is 0 Å². The van der Waals surface area contributed by atoms with E-state index in [1.807, 2.05) is 30.3 Å². The van der Waals surface area contributed by atoms with Crippen LogP contribution in [0.5, 0.6) is 0 Å². The Morgan fingerprint density at radius 3 is 2.44 bits per heavy atom. The predicted molar refractivity (Wildman–Crippen MR) is 192 cm³/mol. The molecule has 2 heterocycles. The van der Waals surface area contributed by atoms with Crippen LogP contribution < -0.4 is 9.80 Å². The molecular formula is C44H32N4. The lowest BCUT2D eigenvalue weighted by Gasteiger charge is -2.33. The lowest BCUT2D eigenvalue weighted by atomic mass is 9.76. The average Bonchev–Trinajstić information content (AvgIpc) is 3.68. The molecule has 48 heavy (non-hydrogen) atoms. The Kier molecular flexibility index (Phi) is 6.63. The highest BCUT2D eigenvalue weighted by atomic mass is 15.2. The molecule has 0 aromatic heterocycles. The first kappa shape index (κ1) is 28.1. The summed E-state index contributed by atoms with van der Waals surface area (Å²) in [4.78, 5) is 4.78. The number of fused-ring (bicyclic) bond motifs is 6. The van der Waals surface area contributed by atoms with Gasteiger partial charge in [0.15, 0.2) is 0 Å². The lowest BCUT2D eigenvalue weighted by molar-refractivity contribution is 0.704. The summed E-state index contributed by atoms with van der Waals surface area (Å²) in [6, 6.07) is 38.2. The average molecular weight is 617 g/mol. The number of para-hydroxylation sites is 3. The number of allylic oxidation sites excluding steroid dienone is 10. The van der Waals surface area contributed by atoms with Crippen LogP contribution in [-0.4, -0.2) is 6.04 Å². The molecule has 0 saturated heterocycles. The number of anilines is 4. The number of hydrogen-bond donors (Lipinski definition) is 0. The summed E-state index contributed by atoms with van der Waals surface area (Å²) < 4.78 is 0. The highest BCUT2D eigenvalue weighted by Crippen LogP contribution is 2.55. The maximum absolute atomic E-state index is 10.0. The molecule has 0 fully saturated rings. The summed E-state index contributed by atoms with van der Waals surface area (Å²) in [6.07, 6.45) is 19.1. The first-order chi connectivity index (χ1) is 23.7. The van der Waals surface area contributed by atoms with Gasteiger partial charge in [0.05, 0.1) is 28.9 Å². The molecule has 0 saturated carbocycles. The van der Waals surface area contributed by atoms with Crippen LogP contribution in [0.1, 0.15) is 53.4 Å². The fourth-order valence-electron chi connectivity index (χ4n) is 8.48. The van der Waals surface area contributed by atoms with Gasteiger partial charge in [-0.25, -0.2) is 0 Å². The van der Waals surface area contributed by atoms with Crippen molar-refractivity contribution in [3.8, 4) is 12.1 Å². The Morgan fingerprint density at radius 1 is 0.771 bits per heavy atom. The molecule has 2 aliphatic heterocycles. The molecule has 5 aliphatic rings. The molecule has 3 aliphatic carbocycles. The van der Waals surface area contributed by atoms with E-state index in [0.29, 0.717) is 17.0 Å². The van der Waals surface area contributed by atoms with E-state index >= 15 is 0 Å². The fourth-order valence-corrected chi connectivity index (χ4v) is 8.48. The summed E-state index contributed by atoms with van der Waals surface area (Å²) in [7, 11) is 0. The largest absolute Gasteiger partial charge is 0.332 e. The fraction of sp³-hybridized carbons (Fsp3) is 0.136. The summed E-state index contributed by atoms with van der Waals surface area (Å²) in [6.45, 7) is 0. The molecule has 4 aromatic rings. The second-order valence-electron chi connectivity index (χ2n) is 12.9. The first-order valence-electron chi connectivity index (χ1n) is 16.7. The molecule has 0 N–H and O–H groups in total. The number of nitrogens with zero attached hydrogens (tertiary/aromatic N) is 4. The SMILES string of the molecule is N#Cc1ccc2c(c1)C1C(C3=CC(C4=C5C(CC=C4)c4ccccc4N5c4ccccc4)=CCC3)=CC=CC1N2c1ccccc1C#N. The maximum atomic E-state index is 10.0. The Bertz CT molecular complexity index is 2270. The van der Waals surface area contributed by atoms with Crippen LogP contribution >= 0.6 is 0 Å². The number of rotatable bonds is 4. The summed E-state index contributed by atoms with van der Waals surface area (Å²) >= 11 is 0. The van der Waals surface area contributed by atoms with Crippen LogP contribution in [0.15, 0.2) is 168 Å². The molecule has 4 heteroatoms. The van der Waals surface area contributed by atoms with E-state index in [0.717, 1.165) is 36.2 Å². The third-order valence-electron chi connectivity index (χ3n) is 10.5. The Hall–Kier alpha value is -6.10. The molecule has 228 valence electrons. The molecule has 3 unspecified atom stereocenters. The van der Waals surface area contributed by atoms with E-state index in [2.05, 4.69) is 131 Å². The van der Waals surface area contributed by atoms with Crippen LogP contribution in [-0.2, 0) is 0 Å². The summed E-state index contributed by atoms with van der Waals surface area (Å²) in [5.74, 6) is 0.349. The molecule has 3 atom stereocenters. The van der Waals surface area contributed by atoms with Crippen LogP contribution in [0.4, 0.5) is 22.7 Å². The summed E-state index contributed by atoms with van der Waals surface area (Å²) in [5, 5.41) is 19.9. The zero-order chi connectivity index (χ0) is 32.2.